The normalized spacial score (nSPS) is 11.9. The molecule has 2 aromatic rings. The first kappa shape index (κ1) is 26.0. The van der Waals surface area contributed by atoms with E-state index >= 15 is 0 Å². The smallest absolute Gasteiger partial charge is 0.244 e. The maximum atomic E-state index is 13.5. The zero-order valence-corrected chi connectivity index (χ0v) is 20.4. The van der Waals surface area contributed by atoms with Gasteiger partial charge >= 0.3 is 0 Å². The number of ether oxygens (including phenoxy) is 2. The quantitative estimate of drug-likeness (QED) is 0.531. The third-order valence-corrected chi connectivity index (χ3v) is 6.30. The molecule has 1 N–H and O–H groups in total. The zero-order chi connectivity index (χ0) is 24.6. The average Bonchev–Trinajstić information content (AvgIpc) is 2.81. The number of likely N-dealkylation sites (N-methyl/N-ethyl adjacent to an activating group) is 1. The molecule has 0 radical (unpaired) electrons. The highest BCUT2D eigenvalue weighted by atomic mass is 32.2. The van der Waals surface area contributed by atoms with Crippen molar-refractivity contribution in [3.05, 3.63) is 54.1 Å². The van der Waals surface area contributed by atoms with Crippen molar-refractivity contribution in [2.24, 2.45) is 0 Å². The molecule has 0 aliphatic heterocycles. The van der Waals surface area contributed by atoms with Crippen LogP contribution in [0.5, 0.6) is 11.5 Å². The van der Waals surface area contributed by atoms with Crippen LogP contribution in [0.2, 0.25) is 0 Å². The molecule has 10 heteroatoms. The van der Waals surface area contributed by atoms with Gasteiger partial charge in [0.05, 0.1) is 26.2 Å². The molecule has 0 aliphatic rings. The lowest BCUT2D eigenvalue weighted by Gasteiger charge is -2.32. The Morgan fingerprint density at radius 3 is 2.18 bits per heavy atom. The Morgan fingerprint density at radius 1 is 1.03 bits per heavy atom. The summed E-state index contributed by atoms with van der Waals surface area (Å²) in [6, 6.07) is 13.1. The summed E-state index contributed by atoms with van der Waals surface area (Å²) >= 11 is 0. The molecule has 180 valence electrons. The number of carbonyl (C=O) groups is 2. The molecule has 0 aliphatic carbocycles. The van der Waals surface area contributed by atoms with Gasteiger partial charge in [-0.05, 0) is 24.1 Å². The Hall–Kier alpha value is -3.27. The molecule has 0 unspecified atom stereocenters. The molecular formula is C23H31N3O6S. The summed E-state index contributed by atoms with van der Waals surface area (Å²) in [5, 5.41) is 2.58. The van der Waals surface area contributed by atoms with E-state index in [1.807, 2.05) is 30.3 Å². The summed E-state index contributed by atoms with van der Waals surface area (Å²) < 4.78 is 36.8. The minimum absolute atomic E-state index is 0.162. The Bertz CT molecular complexity index is 1060. The highest BCUT2D eigenvalue weighted by Gasteiger charge is 2.31. The number of carbonyl (C=O) groups excluding carboxylic acids is 2. The molecule has 0 aromatic heterocycles. The molecule has 2 amide bonds. The second-order valence-electron chi connectivity index (χ2n) is 7.35. The van der Waals surface area contributed by atoms with Crippen LogP contribution >= 0.6 is 0 Å². The first-order chi connectivity index (χ1) is 15.7. The van der Waals surface area contributed by atoms with Crippen molar-refractivity contribution in [1.82, 2.24) is 10.2 Å². The first-order valence-electron chi connectivity index (χ1n) is 10.4. The summed E-state index contributed by atoms with van der Waals surface area (Å²) in [5.41, 5.74) is 1.07. The number of sulfonamides is 1. The van der Waals surface area contributed by atoms with Crippen molar-refractivity contribution in [2.45, 2.75) is 25.9 Å². The van der Waals surface area contributed by atoms with Crippen LogP contribution in [0.3, 0.4) is 0 Å². The number of hydrogen-bond donors (Lipinski definition) is 1. The number of rotatable bonds is 11. The summed E-state index contributed by atoms with van der Waals surface area (Å²) in [4.78, 5) is 27.4. The van der Waals surface area contributed by atoms with Crippen LogP contribution in [0.15, 0.2) is 48.5 Å². The number of nitrogens with one attached hydrogen (secondary N) is 1. The number of benzene rings is 2. The van der Waals surface area contributed by atoms with Gasteiger partial charge in [0, 0.05) is 19.7 Å². The van der Waals surface area contributed by atoms with Gasteiger partial charge in [0.15, 0.2) is 11.5 Å². The van der Waals surface area contributed by atoms with Gasteiger partial charge in [-0.1, -0.05) is 37.3 Å². The number of nitrogens with zero attached hydrogens (tertiary/aromatic N) is 2. The predicted molar refractivity (Wildman–Crippen MR) is 127 cm³/mol. The number of methoxy groups -OCH3 is 2. The number of anilines is 1. The van der Waals surface area contributed by atoms with Crippen LogP contribution in [0.1, 0.15) is 18.9 Å². The fraction of sp³-hybridized carbons (Fsp3) is 0.391. The lowest BCUT2D eigenvalue weighted by molar-refractivity contribution is -0.140. The second-order valence-corrected chi connectivity index (χ2v) is 9.26. The highest BCUT2D eigenvalue weighted by Crippen LogP contribution is 2.32. The van der Waals surface area contributed by atoms with Gasteiger partial charge in [0.2, 0.25) is 21.8 Å². The van der Waals surface area contributed by atoms with Crippen molar-refractivity contribution >= 4 is 27.5 Å². The van der Waals surface area contributed by atoms with Gasteiger partial charge in [0.25, 0.3) is 0 Å². The summed E-state index contributed by atoms with van der Waals surface area (Å²) in [6.45, 7) is 1.48. The molecule has 0 heterocycles. The fourth-order valence-electron chi connectivity index (χ4n) is 3.46. The second kappa shape index (κ2) is 11.6. The van der Waals surface area contributed by atoms with E-state index in [4.69, 9.17) is 9.47 Å². The topological polar surface area (TPSA) is 105 Å². The van der Waals surface area contributed by atoms with Crippen LogP contribution in [-0.2, 0) is 26.2 Å². The summed E-state index contributed by atoms with van der Waals surface area (Å²) in [6.07, 6.45) is 1.39. The molecule has 0 bridgehead atoms. The molecule has 1 atom stereocenters. The van der Waals surface area contributed by atoms with E-state index in [2.05, 4.69) is 5.32 Å². The van der Waals surface area contributed by atoms with Crippen molar-refractivity contribution in [2.75, 3.05) is 38.4 Å². The van der Waals surface area contributed by atoms with E-state index in [-0.39, 0.29) is 18.1 Å². The number of hydrogen-bond acceptors (Lipinski definition) is 6. The van der Waals surface area contributed by atoms with E-state index in [1.54, 1.807) is 13.0 Å². The molecule has 0 fully saturated rings. The van der Waals surface area contributed by atoms with Crippen LogP contribution in [-0.4, -0.2) is 65.2 Å². The molecular weight excluding hydrogens is 446 g/mol. The lowest BCUT2D eigenvalue weighted by atomic mass is 10.1. The summed E-state index contributed by atoms with van der Waals surface area (Å²) in [5.74, 6) is -0.0697. The van der Waals surface area contributed by atoms with Crippen molar-refractivity contribution in [3.8, 4) is 11.5 Å². The Labute approximate surface area is 195 Å². The Kier molecular flexibility index (Phi) is 9.10. The van der Waals surface area contributed by atoms with Gasteiger partial charge in [-0.2, -0.15) is 0 Å². The van der Waals surface area contributed by atoms with Gasteiger partial charge < -0.3 is 19.7 Å². The van der Waals surface area contributed by atoms with Crippen molar-refractivity contribution < 1.29 is 27.5 Å². The molecule has 0 saturated heterocycles. The summed E-state index contributed by atoms with van der Waals surface area (Å²) in [7, 11) is 0.581. The van der Waals surface area contributed by atoms with Gasteiger partial charge in [0.1, 0.15) is 12.6 Å². The molecule has 0 saturated carbocycles. The predicted octanol–water partition coefficient (Wildman–Crippen LogP) is 2.02. The van der Waals surface area contributed by atoms with E-state index in [0.29, 0.717) is 17.9 Å². The molecule has 0 spiro atoms. The monoisotopic (exact) mass is 477 g/mol. The van der Waals surface area contributed by atoms with Gasteiger partial charge in [-0.3, -0.25) is 13.9 Å². The van der Waals surface area contributed by atoms with Gasteiger partial charge in [-0.25, -0.2) is 8.42 Å². The lowest BCUT2D eigenvalue weighted by Crippen LogP contribution is -2.51. The first-order valence-corrected chi connectivity index (χ1v) is 12.3. The number of amides is 2. The van der Waals surface area contributed by atoms with Crippen LogP contribution < -0.4 is 19.1 Å². The minimum atomic E-state index is -3.83. The minimum Gasteiger partial charge on any atom is -0.493 e. The molecule has 33 heavy (non-hydrogen) atoms. The maximum Gasteiger partial charge on any atom is 0.244 e. The van der Waals surface area contributed by atoms with E-state index < -0.39 is 28.5 Å². The third kappa shape index (κ3) is 6.61. The molecule has 9 nitrogen and oxygen atoms in total. The largest absolute Gasteiger partial charge is 0.493 e. The van der Waals surface area contributed by atoms with E-state index in [1.165, 1.54) is 38.3 Å². The fourth-order valence-corrected chi connectivity index (χ4v) is 4.30. The third-order valence-electron chi connectivity index (χ3n) is 5.16. The molecule has 2 aromatic carbocycles. The highest BCUT2D eigenvalue weighted by molar-refractivity contribution is 7.92. The Balaban J connectivity index is 2.45. The van der Waals surface area contributed by atoms with Crippen molar-refractivity contribution in [1.29, 1.82) is 0 Å². The van der Waals surface area contributed by atoms with Gasteiger partial charge in [-0.15, -0.1) is 0 Å². The van der Waals surface area contributed by atoms with Crippen LogP contribution in [0.25, 0.3) is 0 Å². The molecule has 2 rings (SSSR count). The van der Waals surface area contributed by atoms with Crippen molar-refractivity contribution in [3.63, 3.8) is 0 Å². The maximum absolute atomic E-state index is 13.5. The van der Waals surface area contributed by atoms with E-state index in [0.717, 1.165) is 16.1 Å². The Morgan fingerprint density at radius 2 is 1.67 bits per heavy atom. The van der Waals surface area contributed by atoms with E-state index in [9.17, 15) is 18.0 Å². The standard InChI is InChI=1S/C23H31N3O6S/c1-6-19(23(28)24-2)25(15-17-10-8-7-9-11-17)22(27)16-26(33(5,29)30)18-12-13-20(31-3)21(14-18)32-4/h7-14,19H,6,15-16H2,1-5H3,(H,24,28)/t19-/m1/s1. The zero-order valence-electron chi connectivity index (χ0n) is 19.6. The average molecular weight is 478 g/mol. The van der Waals surface area contributed by atoms with Crippen LogP contribution in [0, 0.1) is 0 Å². The SMILES string of the molecule is CC[C@H](C(=O)NC)N(Cc1ccccc1)C(=O)CN(c1ccc(OC)c(OC)c1)S(C)(=O)=O. The van der Waals surface area contributed by atoms with Crippen LogP contribution in [0.4, 0.5) is 5.69 Å².